The van der Waals surface area contributed by atoms with Crippen LogP contribution in [0.3, 0.4) is 0 Å². The van der Waals surface area contributed by atoms with Crippen molar-refractivity contribution in [2.24, 2.45) is 0 Å². The molecule has 1 amide bonds. The molecule has 3 atom stereocenters. The Morgan fingerprint density at radius 2 is 1.88 bits per heavy atom. The van der Waals surface area contributed by atoms with Crippen LogP contribution in [0.5, 0.6) is 0 Å². The van der Waals surface area contributed by atoms with E-state index in [4.69, 9.17) is 30.6 Å². The van der Waals surface area contributed by atoms with E-state index in [2.05, 4.69) is 40.0 Å². The van der Waals surface area contributed by atoms with E-state index in [0.29, 0.717) is 54.1 Å². The SMILES string of the molecule is CC1NCCCN(c2nc(-c3onc4c3CCC[C@@]43CCCc4sc(N)c(C#N)c43)cc(N3CCN(C(=O)n4cnc(C#N)c4)CC3)n2)C1C. The first-order chi connectivity index (χ1) is 24.3. The molecule has 2 aliphatic carbocycles. The minimum atomic E-state index is -0.396. The normalized spacial score (nSPS) is 23.6. The van der Waals surface area contributed by atoms with Crippen LogP contribution in [-0.4, -0.2) is 87.0 Å². The Morgan fingerprint density at radius 1 is 1.08 bits per heavy atom. The summed E-state index contributed by atoms with van der Waals surface area (Å²) in [6, 6.07) is 6.59. The molecule has 2 unspecified atom stereocenters. The van der Waals surface area contributed by atoms with Gasteiger partial charge in [-0.25, -0.2) is 14.8 Å². The van der Waals surface area contributed by atoms with Gasteiger partial charge in [0.1, 0.15) is 35.0 Å². The third-order valence-corrected chi connectivity index (χ3v) is 12.2. The van der Waals surface area contributed by atoms with Crippen LogP contribution in [0.1, 0.15) is 78.9 Å². The third-order valence-electron chi connectivity index (χ3n) is 11.1. The zero-order valence-electron chi connectivity index (χ0n) is 28.4. The lowest BCUT2D eigenvalue weighted by Crippen LogP contribution is -2.50. The molecule has 4 aromatic rings. The van der Waals surface area contributed by atoms with Gasteiger partial charge in [-0.1, -0.05) is 5.16 Å². The molecular weight excluding hydrogens is 653 g/mol. The number of rotatable bonds is 3. The molecule has 2 aliphatic heterocycles. The molecule has 2 fully saturated rings. The van der Waals surface area contributed by atoms with Crippen LogP contribution in [0.25, 0.3) is 11.5 Å². The number of aryl methyl sites for hydroxylation is 1. The Balaban J connectivity index is 1.17. The van der Waals surface area contributed by atoms with E-state index >= 15 is 0 Å². The number of piperazine rings is 1. The van der Waals surface area contributed by atoms with Crippen molar-refractivity contribution >= 4 is 34.1 Å². The second-order valence-electron chi connectivity index (χ2n) is 13.9. The number of hydrogen-bond donors (Lipinski definition) is 2. The van der Waals surface area contributed by atoms with Gasteiger partial charge in [0.15, 0.2) is 11.5 Å². The largest absolute Gasteiger partial charge is 0.389 e. The number of anilines is 3. The number of nitrogens with zero attached hydrogens (tertiary/aromatic N) is 10. The second kappa shape index (κ2) is 12.7. The molecule has 8 rings (SSSR count). The second-order valence-corrected chi connectivity index (χ2v) is 15.0. The van der Waals surface area contributed by atoms with Crippen molar-refractivity contribution in [3.05, 3.63) is 51.5 Å². The minimum Gasteiger partial charge on any atom is -0.389 e. The van der Waals surface area contributed by atoms with Gasteiger partial charge < -0.3 is 30.3 Å². The summed E-state index contributed by atoms with van der Waals surface area (Å²) >= 11 is 1.55. The maximum atomic E-state index is 13.2. The van der Waals surface area contributed by atoms with Gasteiger partial charge in [0, 0.05) is 66.7 Å². The maximum absolute atomic E-state index is 13.2. The average molecular weight is 693 g/mol. The number of nitriles is 2. The number of carbonyl (C=O) groups excluding carboxylic acids is 1. The number of nitrogens with two attached hydrogens (primary N) is 1. The van der Waals surface area contributed by atoms with Gasteiger partial charge in [-0.15, -0.1) is 11.3 Å². The number of fused-ring (bicyclic) bond motifs is 4. The van der Waals surface area contributed by atoms with Gasteiger partial charge in [-0.3, -0.25) is 4.57 Å². The standard InChI is InChI=1S/C35H40N12O2S/c1-21-22(2)47(11-5-10-39-21)33-41-26(16-28(42-33)44-12-14-45(15-13-44)34(48)46-19-23(17-36)40-20-46)30-24-6-3-8-35(31(24)43-49-30)9-4-7-27-29(35)25(18-37)32(38)50-27/h16,19-22,39H,3-15,38H2,1-2H3/t21?,22?,35-/m0/s1. The zero-order chi connectivity index (χ0) is 34.6. The topological polar surface area (TPSA) is 182 Å². The van der Waals surface area contributed by atoms with Crippen LogP contribution < -0.4 is 20.9 Å². The van der Waals surface area contributed by atoms with Crippen molar-refractivity contribution in [1.29, 1.82) is 10.5 Å². The Morgan fingerprint density at radius 3 is 2.64 bits per heavy atom. The molecule has 6 heterocycles. The molecule has 15 heteroatoms. The quantitative estimate of drug-likeness (QED) is 0.315. The molecule has 0 radical (unpaired) electrons. The number of imidazole rings is 1. The van der Waals surface area contributed by atoms with Crippen LogP contribution in [-0.2, 0) is 18.3 Å². The molecule has 4 aromatic heterocycles. The summed E-state index contributed by atoms with van der Waals surface area (Å²) in [7, 11) is 0. The maximum Gasteiger partial charge on any atom is 0.329 e. The van der Waals surface area contributed by atoms with Crippen LogP contribution in [0.4, 0.5) is 21.6 Å². The predicted octanol–water partition coefficient (Wildman–Crippen LogP) is 4.04. The highest BCUT2D eigenvalue weighted by molar-refractivity contribution is 7.16. The van der Waals surface area contributed by atoms with E-state index < -0.39 is 5.41 Å². The van der Waals surface area contributed by atoms with Crippen molar-refractivity contribution in [1.82, 2.24) is 34.9 Å². The van der Waals surface area contributed by atoms with Crippen LogP contribution in [0.15, 0.2) is 23.1 Å². The highest BCUT2D eigenvalue weighted by Crippen LogP contribution is 2.54. The van der Waals surface area contributed by atoms with E-state index in [1.165, 1.54) is 22.0 Å². The number of hydrogen-bond acceptors (Lipinski definition) is 13. The van der Waals surface area contributed by atoms with Gasteiger partial charge in [0.2, 0.25) is 5.95 Å². The van der Waals surface area contributed by atoms with E-state index in [1.54, 1.807) is 16.2 Å². The van der Waals surface area contributed by atoms with Gasteiger partial charge in [0.25, 0.3) is 0 Å². The molecule has 1 spiro atoms. The first-order valence-electron chi connectivity index (χ1n) is 17.5. The molecule has 0 saturated carbocycles. The van der Waals surface area contributed by atoms with Crippen molar-refractivity contribution in [3.8, 4) is 23.6 Å². The lowest BCUT2D eigenvalue weighted by molar-refractivity contribution is 0.196. The molecule has 4 aliphatic rings. The third kappa shape index (κ3) is 5.27. The van der Waals surface area contributed by atoms with Gasteiger partial charge in [-0.2, -0.15) is 15.5 Å². The van der Waals surface area contributed by atoms with E-state index in [1.807, 2.05) is 12.1 Å². The summed E-state index contributed by atoms with van der Waals surface area (Å²) in [5.41, 5.74) is 10.5. The summed E-state index contributed by atoms with van der Waals surface area (Å²) in [6.45, 7) is 8.27. The van der Waals surface area contributed by atoms with Crippen molar-refractivity contribution in [2.75, 3.05) is 54.8 Å². The molecule has 2 saturated heterocycles. The number of nitrogens with one attached hydrogen (secondary N) is 1. The first kappa shape index (κ1) is 32.2. The van der Waals surface area contributed by atoms with Gasteiger partial charge >= 0.3 is 6.03 Å². The molecule has 3 N–H and O–H groups in total. The van der Waals surface area contributed by atoms with E-state index in [0.717, 1.165) is 80.7 Å². The molecule has 0 aromatic carbocycles. The number of nitrogen functional groups attached to an aromatic ring is 1. The number of thiophene rings is 1. The van der Waals surface area contributed by atoms with Gasteiger partial charge in [-0.05, 0) is 70.9 Å². The number of carbonyl (C=O) groups is 1. The molecule has 0 bridgehead atoms. The lowest BCUT2D eigenvalue weighted by atomic mass is 9.62. The molecule has 258 valence electrons. The Hall–Kier alpha value is -4.99. The highest BCUT2D eigenvalue weighted by atomic mass is 32.1. The summed E-state index contributed by atoms with van der Waals surface area (Å²) in [6.07, 6.45) is 9.31. The number of amides is 1. The molecule has 50 heavy (non-hydrogen) atoms. The monoisotopic (exact) mass is 692 g/mol. The summed E-state index contributed by atoms with van der Waals surface area (Å²) in [5.74, 6) is 2.08. The summed E-state index contributed by atoms with van der Waals surface area (Å²) < 4.78 is 7.67. The Bertz CT molecular complexity index is 2020. The van der Waals surface area contributed by atoms with Crippen molar-refractivity contribution in [3.63, 3.8) is 0 Å². The van der Waals surface area contributed by atoms with E-state index in [-0.39, 0.29) is 23.8 Å². The van der Waals surface area contributed by atoms with Crippen molar-refractivity contribution < 1.29 is 9.32 Å². The Kier molecular flexibility index (Phi) is 8.20. The zero-order valence-corrected chi connectivity index (χ0v) is 29.2. The van der Waals surface area contributed by atoms with Gasteiger partial charge in [0.05, 0.1) is 17.5 Å². The fraction of sp³-hybridized carbons (Fsp3) is 0.514. The average Bonchev–Trinajstić information content (AvgIpc) is 3.86. The van der Waals surface area contributed by atoms with Crippen LogP contribution >= 0.6 is 11.3 Å². The fourth-order valence-electron chi connectivity index (χ4n) is 8.37. The summed E-state index contributed by atoms with van der Waals surface area (Å²) in [5, 5.41) is 28.3. The minimum absolute atomic E-state index is 0.157. The number of aromatic nitrogens is 5. The van der Waals surface area contributed by atoms with E-state index in [9.17, 15) is 10.1 Å². The first-order valence-corrected chi connectivity index (χ1v) is 18.3. The van der Waals surface area contributed by atoms with Crippen LogP contribution in [0, 0.1) is 22.7 Å². The predicted molar refractivity (Wildman–Crippen MR) is 188 cm³/mol. The Labute approximate surface area is 294 Å². The van der Waals surface area contributed by atoms with Crippen LogP contribution in [0.2, 0.25) is 0 Å². The summed E-state index contributed by atoms with van der Waals surface area (Å²) in [4.78, 5) is 34.9. The lowest BCUT2D eigenvalue weighted by Gasteiger charge is -2.39. The molecular formula is C35H40N12O2S. The molecule has 14 nitrogen and oxygen atoms in total. The smallest absolute Gasteiger partial charge is 0.329 e. The van der Waals surface area contributed by atoms with Crippen molar-refractivity contribution in [2.45, 2.75) is 76.3 Å². The highest BCUT2D eigenvalue weighted by Gasteiger charge is 2.48. The fourth-order valence-corrected chi connectivity index (χ4v) is 9.53.